The SMILES string of the molecule is Fc1c(F)c(F)c(-n2nc(-c3ccccc3)cc2C(F)(F)F)c(F)c1F. The van der Waals surface area contributed by atoms with E-state index >= 15 is 0 Å². The van der Waals surface area contributed by atoms with Crippen molar-refractivity contribution in [3.63, 3.8) is 0 Å². The summed E-state index contributed by atoms with van der Waals surface area (Å²) < 4.78 is 107. The molecule has 10 heteroatoms. The summed E-state index contributed by atoms with van der Waals surface area (Å²) in [4.78, 5) is 0. The number of benzene rings is 2. The van der Waals surface area contributed by atoms with Gasteiger partial charge in [0.2, 0.25) is 5.82 Å². The lowest BCUT2D eigenvalue weighted by molar-refractivity contribution is -0.142. The molecule has 0 aliphatic heterocycles. The Morgan fingerprint density at radius 3 is 1.73 bits per heavy atom. The largest absolute Gasteiger partial charge is 0.433 e. The smallest absolute Gasteiger partial charge is 0.222 e. The van der Waals surface area contributed by atoms with Crippen molar-refractivity contribution < 1.29 is 35.1 Å². The van der Waals surface area contributed by atoms with E-state index in [0.717, 1.165) is 0 Å². The third kappa shape index (κ3) is 2.80. The van der Waals surface area contributed by atoms with Crippen LogP contribution in [0.4, 0.5) is 35.1 Å². The van der Waals surface area contributed by atoms with E-state index in [2.05, 4.69) is 5.10 Å². The summed E-state index contributed by atoms with van der Waals surface area (Å²) in [5.74, 6) is -12.1. The third-order valence-electron chi connectivity index (χ3n) is 3.47. The molecule has 0 bridgehead atoms. The van der Waals surface area contributed by atoms with E-state index in [4.69, 9.17) is 0 Å². The molecule has 0 fully saturated rings. The molecule has 0 N–H and O–H groups in total. The zero-order valence-electron chi connectivity index (χ0n) is 12.4. The Hall–Kier alpha value is -2.91. The van der Waals surface area contributed by atoms with Crippen LogP contribution in [0.15, 0.2) is 36.4 Å². The predicted molar refractivity (Wildman–Crippen MR) is 73.8 cm³/mol. The van der Waals surface area contributed by atoms with E-state index in [-0.39, 0.29) is 15.9 Å². The van der Waals surface area contributed by atoms with Crippen molar-refractivity contribution in [2.45, 2.75) is 6.18 Å². The molecule has 0 spiro atoms. The maximum absolute atomic E-state index is 13.9. The van der Waals surface area contributed by atoms with Gasteiger partial charge in [0.1, 0.15) is 11.4 Å². The van der Waals surface area contributed by atoms with Crippen molar-refractivity contribution in [2.75, 3.05) is 0 Å². The van der Waals surface area contributed by atoms with E-state index in [0.29, 0.717) is 6.07 Å². The van der Waals surface area contributed by atoms with Crippen molar-refractivity contribution in [2.24, 2.45) is 0 Å². The second kappa shape index (κ2) is 6.11. The molecular formula is C16H6F8N2. The molecule has 2 aromatic carbocycles. The molecule has 0 amide bonds. The van der Waals surface area contributed by atoms with E-state index in [9.17, 15) is 35.1 Å². The third-order valence-corrected chi connectivity index (χ3v) is 3.47. The van der Waals surface area contributed by atoms with E-state index in [1.807, 2.05) is 0 Å². The highest BCUT2D eigenvalue weighted by atomic mass is 19.4. The molecule has 0 aliphatic carbocycles. The van der Waals surface area contributed by atoms with Crippen LogP contribution in [0.2, 0.25) is 0 Å². The lowest BCUT2D eigenvalue weighted by atomic mass is 10.1. The van der Waals surface area contributed by atoms with Crippen LogP contribution in [0.3, 0.4) is 0 Å². The molecule has 3 rings (SSSR count). The number of nitrogens with zero attached hydrogens (tertiary/aromatic N) is 2. The fourth-order valence-electron chi connectivity index (χ4n) is 2.28. The van der Waals surface area contributed by atoms with Crippen molar-refractivity contribution in [3.8, 4) is 16.9 Å². The molecule has 1 heterocycles. The van der Waals surface area contributed by atoms with Crippen LogP contribution < -0.4 is 0 Å². The van der Waals surface area contributed by atoms with Gasteiger partial charge in [0, 0.05) is 5.56 Å². The molecule has 136 valence electrons. The average molecular weight is 378 g/mol. The summed E-state index contributed by atoms with van der Waals surface area (Å²) in [6.07, 6.45) is -5.17. The van der Waals surface area contributed by atoms with Gasteiger partial charge in [-0.2, -0.15) is 18.3 Å². The summed E-state index contributed by atoms with van der Waals surface area (Å²) in [6.45, 7) is 0. The summed E-state index contributed by atoms with van der Waals surface area (Å²) in [6, 6.07) is 7.69. The summed E-state index contributed by atoms with van der Waals surface area (Å²) in [5.41, 5.74) is -3.71. The van der Waals surface area contributed by atoms with Crippen molar-refractivity contribution >= 4 is 0 Å². The molecule has 0 radical (unpaired) electrons. The standard InChI is InChI=1S/C16H6F8N2/c17-10-11(18)13(20)15(14(21)12(10)19)26-9(16(22,23)24)6-8(25-26)7-4-2-1-3-5-7/h1-6H. The van der Waals surface area contributed by atoms with Crippen LogP contribution in [0.5, 0.6) is 0 Å². The Morgan fingerprint density at radius 2 is 1.23 bits per heavy atom. The number of hydrogen-bond acceptors (Lipinski definition) is 1. The van der Waals surface area contributed by atoms with Crippen LogP contribution >= 0.6 is 0 Å². The van der Waals surface area contributed by atoms with Crippen LogP contribution in [-0.4, -0.2) is 9.78 Å². The molecule has 0 saturated heterocycles. The van der Waals surface area contributed by atoms with Gasteiger partial charge in [-0.1, -0.05) is 30.3 Å². The normalized spacial score (nSPS) is 11.8. The van der Waals surface area contributed by atoms with Gasteiger partial charge in [0.15, 0.2) is 23.3 Å². The van der Waals surface area contributed by atoms with Crippen LogP contribution in [-0.2, 0) is 6.18 Å². The monoisotopic (exact) mass is 378 g/mol. The zero-order chi connectivity index (χ0) is 19.2. The van der Waals surface area contributed by atoms with Gasteiger partial charge < -0.3 is 0 Å². The van der Waals surface area contributed by atoms with Crippen molar-refractivity contribution in [3.05, 3.63) is 71.2 Å². The Balaban J connectivity index is 2.34. The highest BCUT2D eigenvalue weighted by Crippen LogP contribution is 2.36. The van der Waals surface area contributed by atoms with Crippen LogP contribution in [0, 0.1) is 29.1 Å². The number of halogens is 8. The Kier molecular flexibility index (Phi) is 4.21. The molecule has 0 saturated carbocycles. The van der Waals surface area contributed by atoms with Gasteiger partial charge >= 0.3 is 6.18 Å². The van der Waals surface area contributed by atoms with Gasteiger partial charge in [-0.3, -0.25) is 0 Å². The van der Waals surface area contributed by atoms with E-state index in [1.54, 1.807) is 6.07 Å². The highest BCUT2D eigenvalue weighted by molar-refractivity contribution is 5.60. The number of aromatic nitrogens is 2. The van der Waals surface area contributed by atoms with E-state index < -0.39 is 46.6 Å². The van der Waals surface area contributed by atoms with E-state index in [1.165, 1.54) is 24.3 Å². The maximum atomic E-state index is 13.9. The second-order valence-corrected chi connectivity index (χ2v) is 5.11. The minimum absolute atomic E-state index is 0.153. The number of rotatable bonds is 2. The first-order valence-electron chi connectivity index (χ1n) is 6.87. The number of alkyl halides is 3. The zero-order valence-corrected chi connectivity index (χ0v) is 12.4. The average Bonchev–Trinajstić information content (AvgIpc) is 3.04. The van der Waals surface area contributed by atoms with Crippen LogP contribution in [0.25, 0.3) is 16.9 Å². The fourth-order valence-corrected chi connectivity index (χ4v) is 2.28. The Bertz CT molecular complexity index is 947. The molecule has 0 atom stereocenters. The molecule has 0 aliphatic rings. The highest BCUT2D eigenvalue weighted by Gasteiger charge is 2.39. The second-order valence-electron chi connectivity index (χ2n) is 5.11. The van der Waals surface area contributed by atoms with Gasteiger partial charge in [-0.05, 0) is 6.07 Å². The summed E-state index contributed by atoms with van der Waals surface area (Å²) >= 11 is 0. The first-order chi connectivity index (χ1) is 12.1. The molecular weight excluding hydrogens is 372 g/mol. The first kappa shape index (κ1) is 17.9. The minimum atomic E-state index is -5.17. The number of hydrogen-bond donors (Lipinski definition) is 0. The van der Waals surface area contributed by atoms with Gasteiger partial charge in [0.05, 0.1) is 5.69 Å². The minimum Gasteiger partial charge on any atom is -0.222 e. The molecule has 1 aromatic heterocycles. The predicted octanol–water partition coefficient (Wildman–Crippen LogP) is 5.25. The Labute approximate surface area is 140 Å². The quantitative estimate of drug-likeness (QED) is 0.338. The summed E-state index contributed by atoms with van der Waals surface area (Å²) in [7, 11) is 0. The first-order valence-corrected chi connectivity index (χ1v) is 6.87. The summed E-state index contributed by atoms with van der Waals surface area (Å²) in [5, 5.41) is 3.41. The Morgan fingerprint density at radius 1 is 0.731 bits per heavy atom. The topological polar surface area (TPSA) is 17.8 Å². The van der Waals surface area contributed by atoms with Crippen molar-refractivity contribution in [1.82, 2.24) is 9.78 Å². The molecule has 2 nitrogen and oxygen atoms in total. The molecule has 26 heavy (non-hydrogen) atoms. The van der Waals surface area contributed by atoms with Crippen LogP contribution in [0.1, 0.15) is 5.69 Å². The fraction of sp³-hybridized carbons (Fsp3) is 0.0625. The maximum Gasteiger partial charge on any atom is 0.433 e. The van der Waals surface area contributed by atoms with Gasteiger partial charge in [0.25, 0.3) is 0 Å². The van der Waals surface area contributed by atoms with Gasteiger partial charge in [-0.15, -0.1) is 0 Å². The molecule has 0 unspecified atom stereocenters. The molecule has 3 aromatic rings. The lowest BCUT2D eigenvalue weighted by Crippen LogP contribution is -2.17. The lowest BCUT2D eigenvalue weighted by Gasteiger charge is -2.12. The van der Waals surface area contributed by atoms with Crippen molar-refractivity contribution in [1.29, 1.82) is 0 Å². The van der Waals surface area contributed by atoms with Gasteiger partial charge in [-0.25, -0.2) is 26.6 Å².